The maximum absolute atomic E-state index is 11.7. The van der Waals surface area contributed by atoms with Gasteiger partial charge in [-0.3, -0.25) is 9.59 Å². The fourth-order valence-electron chi connectivity index (χ4n) is 3.08. The molecule has 2 unspecified atom stereocenters. The highest BCUT2D eigenvalue weighted by Gasteiger charge is 2.49. The second kappa shape index (κ2) is 4.19. The average Bonchev–Trinajstić information content (AvgIpc) is 2.37. The van der Waals surface area contributed by atoms with Crippen LogP contribution >= 0.6 is 0 Å². The number of hydrogen-bond acceptors (Lipinski definition) is 3. The van der Waals surface area contributed by atoms with Gasteiger partial charge in [0.15, 0.2) is 0 Å². The van der Waals surface area contributed by atoms with Crippen LogP contribution in [0.15, 0.2) is 0 Å². The third-order valence-corrected chi connectivity index (χ3v) is 4.29. The summed E-state index contributed by atoms with van der Waals surface area (Å²) in [6.45, 7) is 4.47. The monoisotopic (exact) mass is 224 g/mol. The van der Waals surface area contributed by atoms with Gasteiger partial charge in [-0.25, -0.2) is 0 Å². The topological polar surface area (TPSA) is 43.4 Å². The summed E-state index contributed by atoms with van der Waals surface area (Å²) in [6.07, 6.45) is 5.27. The van der Waals surface area contributed by atoms with Gasteiger partial charge in [0.25, 0.3) is 0 Å². The minimum Gasteiger partial charge on any atom is -0.393 e. The Kier molecular flexibility index (Phi) is 3.04. The van der Waals surface area contributed by atoms with E-state index < -0.39 is 5.41 Å². The molecular formula is C13H20O3. The molecule has 0 aromatic heterocycles. The molecule has 2 atom stereocenters. The van der Waals surface area contributed by atoms with E-state index in [0.717, 1.165) is 25.7 Å². The molecule has 3 nitrogen and oxygen atoms in total. The van der Waals surface area contributed by atoms with Crippen LogP contribution in [-0.2, 0) is 14.3 Å². The number of hydrogen-bond donors (Lipinski definition) is 0. The van der Waals surface area contributed by atoms with Crippen LogP contribution in [0.3, 0.4) is 0 Å². The lowest BCUT2D eigenvalue weighted by Crippen LogP contribution is -2.25. The van der Waals surface area contributed by atoms with Gasteiger partial charge < -0.3 is 4.74 Å². The summed E-state index contributed by atoms with van der Waals surface area (Å²) in [5.74, 6) is 0.779. The van der Waals surface area contributed by atoms with Gasteiger partial charge in [0.05, 0.1) is 11.8 Å². The molecular weight excluding hydrogens is 204 g/mol. The Balaban J connectivity index is 2.08. The highest BCUT2D eigenvalue weighted by Crippen LogP contribution is 2.45. The van der Waals surface area contributed by atoms with E-state index >= 15 is 0 Å². The molecule has 0 bridgehead atoms. The molecule has 0 amide bonds. The van der Waals surface area contributed by atoms with Crippen molar-refractivity contribution in [2.75, 3.05) is 0 Å². The lowest BCUT2D eigenvalue weighted by molar-refractivity contribution is -0.155. The Labute approximate surface area is 96.5 Å². The Morgan fingerprint density at radius 3 is 2.56 bits per heavy atom. The lowest BCUT2D eigenvalue weighted by atomic mass is 9.78. The number of rotatable bonds is 1. The molecule has 0 aromatic rings. The van der Waals surface area contributed by atoms with Crippen molar-refractivity contribution in [2.45, 2.75) is 52.4 Å². The van der Waals surface area contributed by atoms with Crippen molar-refractivity contribution >= 4 is 11.9 Å². The zero-order valence-electron chi connectivity index (χ0n) is 10.1. The third-order valence-electron chi connectivity index (χ3n) is 4.29. The van der Waals surface area contributed by atoms with Gasteiger partial charge in [0.2, 0.25) is 0 Å². The van der Waals surface area contributed by atoms with E-state index in [-0.39, 0.29) is 11.9 Å². The Morgan fingerprint density at radius 2 is 2.00 bits per heavy atom. The second-order valence-corrected chi connectivity index (χ2v) is 5.65. The normalized spacial score (nSPS) is 35.6. The molecule has 16 heavy (non-hydrogen) atoms. The van der Waals surface area contributed by atoms with Gasteiger partial charge in [0.1, 0.15) is 0 Å². The van der Waals surface area contributed by atoms with Gasteiger partial charge >= 0.3 is 11.9 Å². The van der Waals surface area contributed by atoms with Crippen molar-refractivity contribution in [3.63, 3.8) is 0 Å². The van der Waals surface area contributed by atoms with Crippen molar-refractivity contribution in [2.24, 2.45) is 17.3 Å². The highest BCUT2D eigenvalue weighted by molar-refractivity contribution is 5.97. The van der Waals surface area contributed by atoms with Crippen LogP contribution in [0.1, 0.15) is 52.4 Å². The first-order chi connectivity index (χ1) is 7.53. The molecule has 90 valence electrons. The quantitative estimate of drug-likeness (QED) is 0.508. The lowest BCUT2D eigenvalue weighted by Gasteiger charge is -2.22. The third kappa shape index (κ3) is 2.00. The summed E-state index contributed by atoms with van der Waals surface area (Å²) in [7, 11) is 0. The Morgan fingerprint density at radius 1 is 1.25 bits per heavy atom. The van der Waals surface area contributed by atoms with E-state index in [4.69, 9.17) is 4.74 Å². The Hall–Kier alpha value is -0.860. The van der Waals surface area contributed by atoms with Crippen LogP contribution in [0.2, 0.25) is 0 Å². The molecule has 2 fully saturated rings. The van der Waals surface area contributed by atoms with E-state index in [0.29, 0.717) is 18.3 Å². The van der Waals surface area contributed by atoms with E-state index in [1.54, 1.807) is 0 Å². The van der Waals surface area contributed by atoms with Crippen molar-refractivity contribution in [1.29, 1.82) is 0 Å². The zero-order valence-corrected chi connectivity index (χ0v) is 10.1. The van der Waals surface area contributed by atoms with Crippen molar-refractivity contribution < 1.29 is 14.3 Å². The van der Waals surface area contributed by atoms with Crippen LogP contribution in [0.25, 0.3) is 0 Å². The first-order valence-corrected chi connectivity index (χ1v) is 6.29. The fraction of sp³-hybridized carbons (Fsp3) is 0.846. The summed E-state index contributed by atoms with van der Waals surface area (Å²) in [6, 6.07) is 0. The minimum absolute atomic E-state index is 0.262. The number of carbonyl (C=O) groups excluding carboxylic acids is 2. The van der Waals surface area contributed by atoms with E-state index in [1.165, 1.54) is 6.42 Å². The summed E-state index contributed by atoms with van der Waals surface area (Å²) in [5.41, 5.74) is -0.458. The Bertz CT molecular complexity index is 308. The van der Waals surface area contributed by atoms with Gasteiger partial charge in [-0.1, -0.05) is 26.7 Å². The first kappa shape index (κ1) is 11.6. The zero-order chi connectivity index (χ0) is 11.8. The summed E-state index contributed by atoms with van der Waals surface area (Å²) in [5, 5.41) is 0. The second-order valence-electron chi connectivity index (χ2n) is 5.65. The maximum Gasteiger partial charge on any atom is 0.320 e. The molecule has 0 N–H and O–H groups in total. The predicted octanol–water partition coefficient (Wildman–Crippen LogP) is 2.68. The van der Waals surface area contributed by atoms with Crippen molar-refractivity contribution in [1.82, 2.24) is 0 Å². The van der Waals surface area contributed by atoms with Gasteiger partial charge in [-0.15, -0.1) is 0 Å². The smallest absolute Gasteiger partial charge is 0.320 e. The van der Waals surface area contributed by atoms with Crippen LogP contribution in [-0.4, -0.2) is 11.9 Å². The number of esters is 2. The molecule has 1 saturated heterocycles. The van der Waals surface area contributed by atoms with Gasteiger partial charge in [-0.05, 0) is 31.1 Å². The minimum atomic E-state index is -0.458. The van der Waals surface area contributed by atoms with Crippen LogP contribution in [0.5, 0.6) is 0 Å². The molecule has 1 spiro atoms. The fourth-order valence-corrected chi connectivity index (χ4v) is 3.08. The molecule has 3 heteroatoms. The van der Waals surface area contributed by atoms with E-state index in [9.17, 15) is 9.59 Å². The molecule has 0 aromatic carbocycles. The van der Waals surface area contributed by atoms with Gasteiger partial charge in [-0.2, -0.15) is 0 Å². The van der Waals surface area contributed by atoms with Crippen LogP contribution in [0.4, 0.5) is 0 Å². The highest BCUT2D eigenvalue weighted by atomic mass is 16.6. The first-order valence-electron chi connectivity index (χ1n) is 6.29. The molecule has 1 saturated carbocycles. The summed E-state index contributed by atoms with van der Waals surface area (Å²) >= 11 is 0. The molecule has 1 aliphatic heterocycles. The number of ether oxygens (including phenoxy) is 1. The van der Waals surface area contributed by atoms with Gasteiger partial charge in [0, 0.05) is 0 Å². The van der Waals surface area contributed by atoms with Crippen LogP contribution in [0, 0.1) is 17.3 Å². The molecule has 2 rings (SSSR count). The standard InChI is InChI=1S/C13H20O3/c1-9(2)10-4-3-6-13(7-5-10)8-11(14)16-12(13)15/h9-10H,3-8H2,1-2H3. The average molecular weight is 224 g/mol. The van der Waals surface area contributed by atoms with Crippen molar-refractivity contribution in [3.8, 4) is 0 Å². The summed E-state index contributed by atoms with van der Waals surface area (Å²) < 4.78 is 4.73. The molecule has 1 heterocycles. The number of cyclic esters (lactones) is 2. The predicted molar refractivity (Wildman–Crippen MR) is 59.6 cm³/mol. The largest absolute Gasteiger partial charge is 0.393 e. The van der Waals surface area contributed by atoms with E-state index in [1.807, 2.05) is 0 Å². The SMILES string of the molecule is CC(C)C1CCCC2(CC1)CC(=O)OC2=O. The van der Waals surface area contributed by atoms with Crippen LogP contribution < -0.4 is 0 Å². The molecule has 0 radical (unpaired) electrons. The molecule has 1 aliphatic carbocycles. The van der Waals surface area contributed by atoms with Crippen molar-refractivity contribution in [3.05, 3.63) is 0 Å². The maximum atomic E-state index is 11.7. The summed E-state index contributed by atoms with van der Waals surface area (Å²) in [4.78, 5) is 23.0. The van der Waals surface area contributed by atoms with E-state index in [2.05, 4.69) is 13.8 Å². The molecule has 2 aliphatic rings. The number of carbonyl (C=O) groups is 2.